The first-order valence-electron chi connectivity index (χ1n) is 9.36. The monoisotopic (exact) mass is 486 g/mol. The van der Waals surface area contributed by atoms with Crippen LogP contribution in [0.25, 0.3) is 0 Å². The van der Waals surface area contributed by atoms with Crippen LogP contribution in [0, 0.1) is 5.92 Å². The molecule has 0 saturated heterocycles. The summed E-state index contributed by atoms with van der Waals surface area (Å²) < 4.78 is 0.969. The Labute approximate surface area is 177 Å². The lowest BCUT2D eigenvalue weighted by atomic mass is 9.84. The molecule has 0 unspecified atom stereocenters. The normalized spacial score (nSPS) is 17.7. The molecule has 0 fully saturated rings. The molecule has 140 valence electrons. The maximum Gasteiger partial charge on any atom is 0.258 e. The maximum atomic E-state index is 12.3. The van der Waals surface area contributed by atoms with Crippen molar-refractivity contribution in [2.75, 3.05) is 4.43 Å². The Morgan fingerprint density at radius 2 is 1.52 bits per heavy atom. The smallest absolute Gasteiger partial charge is 0.258 e. The standard InChI is InChI=1S/C24H27IOSi/c1-19-20(11-10-12-21(19)18-25)17-24(2,3)27(26,22-13-6-4-7-14-22)23-15-8-5-9-16-23/h4-16,20,26H,1,17-18H2,2-3H3/t20-/m1/s1. The second-order valence-corrected chi connectivity index (χ2v) is 12.6. The minimum Gasteiger partial charge on any atom is -0.424 e. The Hall–Kier alpha value is -1.43. The highest BCUT2D eigenvalue weighted by atomic mass is 127. The summed E-state index contributed by atoms with van der Waals surface area (Å²) in [7, 11) is -2.97. The third-order valence-electron chi connectivity index (χ3n) is 5.74. The van der Waals surface area contributed by atoms with Gasteiger partial charge in [-0.25, -0.2) is 0 Å². The summed E-state index contributed by atoms with van der Waals surface area (Å²) in [5.41, 5.74) is 2.50. The molecule has 1 aliphatic rings. The van der Waals surface area contributed by atoms with E-state index < -0.39 is 8.32 Å². The zero-order chi connectivity index (χ0) is 19.5. The Balaban J connectivity index is 2.03. The van der Waals surface area contributed by atoms with Crippen molar-refractivity contribution >= 4 is 41.3 Å². The van der Waals surface area contributed by atoms with Crippen LogP contribution in [-0.2, 0) is 0 Å². The summed E-state index contributed by atoms with van der Waals surface area (Å²) in [4.78, 5) is 12.3. The quantitative estimate of drug-likeness (QED) is 0.346. The minimum atomic E-state index is -2.97. The number of hydrogen-bond donors (Lipinski definition) is 1. The van der Waals surface area contributed by atoms with Crippen molar-refractivity contribution in [2.24, 2.45) is 5.92 Å². The molecule has 3 heteroatoms. The van der Waals surface area contributed by atoms with Gasteiger partial charge in [-0.2, -0.15) is 0 Å². The van der Waals surface area contributed by atoms with Crippen LogP contribution >= 0.6 is 22.6 Å². The van der Waals surface area contributed by atoms with Crippen LogP contribution in [0.1, 0.15) is 20.3 Å². The van der Waals surface area contributed by atoms with Crippen LogP contribution in [-0.4, -0.2) is 17.5 Å². The van der Waals surface area contributed by atoms with E-state index in [9.17, 15) is 4.80 Å². The molecule has 0 aliphatic heterocycles. The number of benzene rings is 2. The highest BCUT2D eigenvalue weighted by Gasteiger charge is 2.50. The molecular formula is C24H27IOSi. The van der Waals surface area contributed by atoms with Crippen molar-refractivity contribution in [3.05, 3.63) is 96.6 Å². The van der Waals surface area contributed by atoms with Gasteiger partial charge in [0.2, 0.25) is 0 Å². The van der Waals surface area contributed by atoms with Gasteiger partial charge < -0.3 is 4.80 Å². The Morgan fingerprint density at radius 3 is 2.00 bits per heavy atom. The van der Waals surface area contributed by atoms with Gasteiger partial charge in [0.1, 0.15) is 0 Å². The second-order valence-electron chi connectivity index (χ2n) is 7.87. The van der Waals surface area contributed by atoms with Crippen LogP contribution < -0.4 is 10.4 Å². The van der Waals surface area contributed by atoms with E-state index in [-0.39, 0.29) is 11.0 Å². The number of hydrogen-bond acceptors (Lipinski definition) is 1. The molecule has 0 aromatic heterocycles. The molecule has 0 heterocycles. The van der Waals surface area contributed by atoms with E-state index in [0.29, 0.717) is 0 Å². The lowest BCUT2D eigenvalue weighted by Gasteiger charge is -2.43. The summed E-state index contributed by atoms with van der Waals surface area (Å²) in [5.74, 6) is 0.265. The fourth-order valence-corrected chi connectivity index (χ4v) is 8.60. The Morgan fingerprint density at radius 1 is 1.00 bits per heavy atom. The lowest BCUT2D eigenvalue weighted by Crippen LogP contribution is -2.65. The summed E-state index contributed by atoms with van der Waals surface area (Å²) in [5, 5.41) is 1.87. The topological polar surface area (TPSA) is 20.2 Å². The van der Waals surface area contributed by atoms with E-state index in [4.69, 9.17) is 0 Å². The molecule has 1 N–H and O–H groups in total. The minimum absolute atomic E-state index is 0.263. The highest BCUT2D eigenvalue weighted by molar-refractivity contribution is 14.1. The zero-order valence-corrected chi connectivity index (χ0v) is 19.2. The van der Waals surface area contributed by atoms with Gasteiger partial charge >= 0.3 is 0 Å². The third-order valence-corrected chi connectivity index (χ3v) is 11.1. The molecule has 27 heavy (non-hydrogen) atoms. The van der Waals surface area contributed by atoms with Gasteiger partial charge in [-0.15, -0.1) is 0 Å². The van der Waals surface area contributed by atoms with Gasteiger partial charge in [-0.1, -0.05) is 122 Å². The molecule has 1 nitrogen and oxygen atoms in total. The van der Waals surface area contributed by atoms with Crippen molar-refractivity contribution in [2.45, 2.75) is 25.3 Å². The molecule has 0 spiro atoms. The van der Waals surface area contributed by atoms with Gasteiger partial charge in [-0.3, -0.25) is 0 Å². The molecule has 2 aromatic carbocycles. The average molecular weight is 486 g/mol. The molecule has 1 atom stereocenters. The summed E-state index contributed by atoms with van der Waals surface area (Å²) >= 11 is 2.40. The molecule has 0 saturated carbocycles. The zero-order valence-electron chi connectivity index (χ0n) is 16.0. The molecule has 0 radical (unpaired) electrons. The fourth-order valence-electron chi connectivity index (χ4n) is 4.09. The summed E-state index contributed by atoms with van der Waals surface area (Å²) in [6.07, 6.45) is 7.43. The van der Waals surface area contributed by atoms with E-state index >= 15 is 0 Å². The first kappa shape index (κ1) is 20.3. The molecule has 1 aliphatic carbocycles. The predicted octanol–water partition coefficient (Wildman–Crippen LogP) is 5.01. The molecule has 0 bridgehead atoms. The largest absolute Gasteiger partial charge is 0.424 e. The molecule has 0 amide bonds. The van der Waals surface area contributed by atoms with Gasteiger partial charge in [0.05, 0.1) is 0 Å². The van der Waals surface area contributed by atoms with E-state index in [0.717, 1.165) is 21.2 Å². The second kappa shape index (κ2) is 8.29. The van der Waals surface area contributed by atoms with Gasteiger partial charge in [-0.05, 0) is 33.0 Å². The van der Waals surface area contributed by atoms with Crippen molar-refractivity contribution in [3.8, 4) is 0 Å². The highest BCUT2D eigenvalue weighted by Crippen LogP contribution is 2.44. The number of allylic oxidation sites excluding steroid dienone is 5. The third kappa shape index (κ3) is 3.91. The van der Waals surface area contributed by atoms with Crippen molar-refractivity contribution in [1.82, 2.24) is 0 Å². The van der Waals surface area contributed by atoms with Crippen LogP contribution in [0.2, 0.25) is 5.04 Å². The van der Waals surface area contributed by atoms with Gasteiger partial charge in [0, 0.05) is 10.3 Å². The van der Waals surface area contributed by atoms with Crippen LogP contribution in [0.3, 0.4) is 0 Å². The van der Waals surface area contributed by atoms with Gasteiger partial charge in [0.25, 0.3) is 8.32 Å². The lowest BCUT2D eigenvalue weighted by molar-refractivity contribution is 0.441. The number of rotatable bonds is 6. The van der Waals surface area contributed by atoms with E-state index in [2.05, 4.69) is 85.5 Å². The summed E-state index contributed by atoms with van der Waals surface area (Å²) in [6.45, 7) is 8.82. The van der Waals surface area contributed by atoms with Crippen LogP contribution in [0.15, 0.2) is 96.6 Å². The van der Waals surface area contributed by atoms with Crippen LogP contribution in [0.5, 0.6) is 0 Å². The number of halogens is 1. The molecular weight excluding hydrogens is 459 g/mol. The molecule has 3 rings (SSSR count). The first-order chi connectivity index (χ1) is 12.9. The van der Waals surface area contributed by atoms with Crippen molar-refractivity contribution in [1.29, 1.82) is 0 Å². The van der Waals surface area contributed by atoms with Crippen LogP contribution in [0.4, 0.5) is 0 Å². The Bertz CT molecular complexity index is 813. The van der Waals surface area contributed by atoms with E-state index in [1.165, 1.54) is 11.1 Å². The number of alkyl halides is 1. The first-order valence-corrected chi connectivity index (χ1v) is 12.8. The van der Waals surface area contributed by atoms with Gasteiger partial charge in [0.15, 0.2) is 0 Å². The fraction of sp³-hybridized carbons (Fsp3) is 0.250. The predicted molar refractivity (Wildman–Crippen MR) is 128 cm³/mol. The maximum absolute atomic E-state index is 12.3. The van der Waals surface area contributed by atoms with Crippen molar-refractivity contribution < 1.29 is 4.80 Å². The summed E-state index contributed by atoms with van der Waals surface area (Å²) in [6, 6.07) is 20.5. The molecule has 2 aromatic rings. The van der Waals surface area contributed by atoms with E-state index in [1.807, 2.05) is 36.4 Å². The van der Waals surface area contributed by atoms with Crippen molar-refractivity contribution in [3.63, 3.8) is 0 Å². The Kier molecular flexibility index (Phi) is 6.24. The average Bonchev–Trinajstić information content (AvgIpc) is 2.70. The SMILES string of the molecule is C=C1C(CI)=CC=C[C@@H]1CC(C)(C)[Si](O)(c1ccccc1)c1ccccc1. The van der Waals surface area contributed by atoms with E-state index in [1.54, 1.807) is 0 Å².